The first-order valence-corrected chi connectivity index (χ1v) is 19.2. The van der Waals surface area contributed by atoms with E-state index in [9.17, 15) is 14.7 Å². The summed E-state index contributed by atoms with van der Waals surface area (Å²) in [5, 5.41) is 19.2. The van der Waals surface area contributed by atoms with Gasteiger partial charge in [-0.2, -0.15) is 0 Å². The monoisotopic (exact) mass is 742 g/mol. The highest BCUT2D eigenvalue weighted by Gasteiger charge is 2.26. The van der Waals surface area contributed by atoms with Gasteiger partial charge >= 0.3 is 5.97 Å². The zero-order chi connectivity index (χ0) is 38.3. The summed E-state index contributed by atoms with van der Waals surface area (Å²) in [6.45, 7) is 4.36. The normalized spacial score (nSPS) is 19.5. The van der Waals surface area contributed by atoms with Crippen molar-refractivity contribution in [3.05, 3.63) is 126 Å². The van der Waals surface area contributed by atoms with Gasteiger partial charge in [-0.25, -0.2) is 0 Å². The minimum absolute atomic E-state index is 0.00542. The number of allylic oxidation sites excluding steroid dienone is 2. The number of H-pyrrole nitrogens is 1. The lowest BCUT2D eigenvalue weighted by Gasteiger charge is -2.23. The van der Waals surface area contributed by atoms with Gasteiger partial charge in [-0.15, -0.1) is 0 Å². The number of hydrogen-bond donors (Lipinski definition) is 4. The third-order valence-electron chi connectivity index (χ3n) is 10.7. The molecule has 10 nitrogen and oxygen atoms in total. The average molecular weight is 743 g/mol. The minimum Gasteiger partial charge on any atom is -0.508 e. The fourth-order valence-corrected chi connectivity index (χ4v) is 7.81. The molecule has 4 heterocycles. The molecule has 4 N–H and O–H groups in total. The van der Waals surface area contributed by atoms with Gasteiger partial charge in [0.05, 0.1) is 13.2 Å². The van der Waals surface area contributed by atoms with E-state index in [1.165, 1.54) is 29.7 Å². The number of Topliss-reactive ketones (excluding diaryl/α,β-unsaturated/α-hetero) is 1. The Balaban J connectivity index is 1.26. The highest BCUT2D eigenvalue weighted by atomic mass is 16.5. The summed E-state index contributed by atoms with van der Waals surface area (Å²) >= 11 is 0. The number of aromatic amines is 1. The van der Waals surface area contributed by atoms with Crippen molar-refractivity contribution in [3.8, 4) is 23.0 Å². The molecule has 0 fully saturated rings. The molecule has 4 bridgehead atoms. The number of benzene rings is 3. The predicted octanol–water partition coefficient (Wildman–Crippen LogP) is 9.12. The van der Waals surface area contributed by atoms with E-state index in [0.717, 1.165) is 66.5 Å². The maximum atomic E-state index is 14.2. The summed E-state index contributed by atoms with van der Waals surface area (Å²) in [6.07, 6.45) is 17.9. The van der Waals surface area contributed by atoms with Crippen molar-refractivity contribution in [2.24, 2.45) is 5.92 Å². The van der Waals surface area contributed by atoms with Crippen molar-refractivity contribution in [1.82, 2.24) is 14.9 Å². The molecular formula is C45H50N4O6. The Morgan fingerprint density at radius 3 is 2.62 bits per heavy atom. The molecule has 55 heavy (non-hydrogen) atoms. The first-order valence-electron chi connectivity index (χ1n) is 19.2. The number of hydrogen-bond acceptors (Lipinski definition) is 8. The predicted molar refractivity (Wildman–Crippen MR) is 215 cm³/mol. The second-order valence-corrected chi connectivity index (χ2v) is 14.6. The first kappa shape index (κ1) is 37.4. The van der Waals surface area contributed by atoms with Crippen LogP contribution in [0.4, 0.5) is 5.69 Å². The van der Waals surface area contributed by atoms with E-state index in [1.807, 2.05) is 24.3 Å². The second kappa shape index (κ2) is 17.1. The highest BCUT2D eigenvalue weighted by molar-refractivity contribution is 5.94. The smallest absolute Gasteiger partial charge is 0.302 e. The number of esters is 1. The molecule has 10 heteroatoms. The van der Waals surface area contributed by atoms with Gasteiger partial charge in [-0.05, 0) is 96.7 Å². The van der Waals surface area contributed by atoms with Crippen LogP contribution in [-0.2, 0) is 27.2 Å². The molecule has 0 saturated carbocycles. The molecule has 2 aliphatic rings. The number of ether oxygens (including phenoxy) is 3. The molecule has 3 atom stereocenters. The quantitative estimate of drug-likeness (QED) is 0.127. The third kappa shape index (κ3) is 9.25. The fraction of sp³-hybridized carbons (Fsp3) is 0.333. The van der Waals surface area contributed by atoms with Gasteiger partial charge in [-0.1, -0.05) is 43.7 Å². The summed E-state index contributed by atoms with van der Waals surface area (Å²) in [5.41, 5.74) is 5.73. The van der Waals surface area contributed by atoms with Gasteiger partial charge in [-0.3, -0.25) is 9.59 Å². The standard InChI is InChI=1S/C45H50N4O6/c1-4-30-12-15-39(54-29(2)50)23-37(52)24-42(32-14-16-43(44(21-32)53-3)55-38-9-6-8-36(51)22-38)49-27-34-7-5-10-41(40(34)28-49)48-45-20-31(17-18-47-45)11-13-33-25-46-26-35(33)19-30/h5-10,14,16-17,20-22,25-28,30,39,42,46-48,51H,4,11-13,15,18-19,23-24H2,1-3H3. The van der Waals surface area contributed by atoms with E-state index >= 15 is 0 Å². The number of fused-ring (bicyclic) bond motifs is 3. The van der Waals surface area contributed by atoms with E-state index in [0.29, 0.717) is 29.6 Å². The minimum atomic E-state index is -0.516. The van der Waals surface area contributed by atoms with Crippen LogP contribution in [0, 0.1) is 5.92 Å². The molecule has 0 radical (unpaired) electrons. The van der Waals surface area contributed by atoms with Crippen LogP contribution in [0.1, 0.15) is 75.1 Å². The number of nitrogens with one attached hydrogen (secondary N) is 3. The van der Waals surface area contributed by atoms with E-state index in [1.54, 1.807) is 25.3 Å². The number of carbonyl (C=O) groups is 2. The van der Waals surface area contributed by atoms with Gasteiger partial charge in [0.1, 0.15) is 29.2 Å². The summed E-state index contributed by atoms with van der Waals surface area (Å²) in [6, 6.07) is 18.0. The van der Waals surface area contributed by atoms with E-state index < -0.39 is 12.1 Å². The summed E-state index contributed by atoms with van der Waals surface area (Å²) in [7, 11) is 1.58. The van der Waals surface area contributed by atoms with Crippen LogP contribution in [0.5, 0.6) is 23.0 Å². The van der Waals surface area contributed by atoms with Gasteiger partial charge in [0.15, 0.2) is 11.5 Å². The Morgan fingerprint density at radius 2 is 1.80 bits per heavy atom. The summed E-state index contributed by atoms with van der Waals surface area (Å²) < 4.78 is 19.8. The van der Waals surface area contributed by atoms with E-state index in [-0.39, 0.29) is 30.3 Å². The van der Waals surface area contributed by atoms with Crippen LogP contribution >= 0.6 is 0 Å². The van der Waals surface area contributed by atoms with Gasteiger partial charge in [0, 0.05) is 73.6 Å². The fourth-order valence-electron chi connectivity index (χ4n) is 7.81. The average Bonchev–Trinajstić information content (AvgIpc) is 3.82. The van der Waals surface area contributed by atoms with Gasteiger partial charge < -0.3 is 39.5 Å². The number of methoxy groups -OCH3 is 1. The first-order chi connectivity index (χ1) is 26.7. The molecule has 2 aliphatic heterocycles. The number of ketones is 1. The second-order valence-electron chi connectivity index (χ2n) is 14.6. The van der Waals surface area contributed by atoms with Crippen LogP contribution in [-0.4, -0.2) is 46.2 Å². The highest BCUT2D eigenvalue weighted by Crippen LogP contribution is 2.38. The number of aromatic hydroxyl groups is 1. The molecule has 0 amide bonds. The molecule has 3 unspecified atom stereocenters. The van der Waals surface area contributed by atoms with Crippen LogP contribution in [0.25, 0.3) is 10.8 Å². The zero-order valence-corrected chi connectivity index (χ0v) is 31.8. The number of anilines is 1. The molecular weight excluding hydrogens is 693 g/mol. The van der Waals surface area contributed by atoms with Crippen molar-refractivity contribution in [1.29, 1.82) is 0 Å². The molecule has 5 aromatic rings. The van der Waals surface area contributed by atoms with E-state index in [2.05, 4.69) is 76.2 Å². The Bertz CT molecular complexity index is 2210. The summed E-state index contributed by atoms with van der Waals surface area (Å²) in [4.78, 5) is 29.8. The van der Waals surface area contributed by atoms with Crippen LogP contribution in [0.15, 0.2) is 109 Å². The number of aromatic nitrogens is 2. The van der Waals surface area contributed by atoms with Gasteiger partial charge in [0.25, 0.3) is 0 Å². The summed E-state index contributed by atoms with van der Waals surface area (Å²) in [5.74, 6) is 2.47. The van der Waals surface area contributed by atoms with Crippen molar-refractivity contribution in [2.45, 2.75) is 77.4 Å². The van der Waals surface area contributed by atoms with Crippen molar-refractivity contribution in [3.63, 3.8) is 0 Å². The zero-order valence-electron chi connectivity index (χ0n) is 31.8. The number of phenolic OH excluding ortho intramolecular Hbond substituents is 1. The SMILES string of the molecule is CCC1CCC(OC(C)=O)CC(=O)CC(c2ccc(Oc3cccc(O)c3)c(OC)c2)n2cc3cccc(c3c2)NC2=CC(=CCN2)CCc2c[nH]cc2C1. The molecule has 0 aliphatic carbocycles. The topological polar surface area (TPSA) is 127 Å². The number of carbonyl (C=O) groups excluding carboxylic acids is 2. The molecule has 2 aromatic heterocycles. The Morgan fingerprint density at radius 1 is 0.945 bits per heavy atom. The molecule has 3 aromatic carbocycles. The molecule has 0 spiro atoms. The lowest BCUT2D eigenvalue weighted by Crippen LogP contribution is -2.24. The number of nitrogens with zero attached hydrogens (tertiary/aromatic N) is 1. The van der Waals surface area contributed by atoms with Crippen molar-refractivity contribution < 1.29 is 28.9 Å². The lowest BCUT2D eigenvalue weighted by atomic mass is 9.89. The van der Waals surface area contributed by atoms with Gasteiger partial charge in [0.2, 0.25) is 0 Å². The largest absolute Gasteiger partial charge is 0.508 e. The molecule has 0 saturated heterocycles. The van der Waals surface area contributed by atoms with Crippen LogP contribution in [0.3, 0.4) is 0 Å². The number of rotatable bonds is 6. The number of phenols is 1. The maximum absolute atomic E-state index is 14.2. The molecule has 7 rings (SSSR count). The van der Waals surface area contributed by atoms with Crippen molar-refractivity contribution >= 4 is 28.2 Å². The van der Waals surface area contributed by atoms with Crippen LogP contribution < -0.4 is 20.1 Å². The van der Waals surface area contributed by atoms with Crippen LogP contribution in [0.2, 0.25) is 0 Å². The Labute approximate surface area is 322 Å². The maximum Gasteiger partial charge on any atom is 0.302 e. The Hall–Kier alpha value is -5.90. The van der Waals surface area contributed by atoms with Crippen molar-refractivity contribution in [2.75, 3.05) is 19.0 Å². The third-order valence-corrected chi connectivity index (χ3v) is 10.7. The molecule has 286 valence electrons. The lowest BCUT2D eigenvalue weighted by molar-refractivity contribution is -0.148. The number of aryl methyl sites for hydroxylation is 1. The Kier molecular flexibility index (Phi) is 11.6. The van der Waals surface area contributed by atoms with E-state index in [4.69, 9.17) is 14.2 Å². The number of dihydropyridines is 1.